The number of nitrogens with zero attached hydrogens (tertiary/aromatic N) is 2. The maximum absolute atomic E-state index is 5.45. The average Bonchev–Trinajstić information content (AvgIpc) is 2.47. The average molecular weight is 254 g/mol. The van der Waals surface area contributed by atoms with E-state index < -0.39 is 0 Å². The molecular weight excluding hydrogens is 236 g/mol. The molecule has 3 N–H and O–H groups in total. The molecule has 1 atom stereocenters. The van der Waals surface area contributed by atoms with Gasteiger partial charge in [-0.2, -0.15) is 0 Å². The van der Waals surface area contributed by atoms with Crippen LogP contribution in [0.3, 0.4) is 0 Å². The third kappa shape index (κ3) is 2.15. The van der Waals surface area contributed by atoms with Gasteiger partial charge < -0.3 is 10.3 Å². The summed E-state index contributed by atoms with van der Waals surface area (Å²) in [5.74, 6) is 7.07. The number of fused-ring (bicyclic) bond motifs is 1. The molecule has 19 heavy (non-hydrogen) atoms. The molecule has 1 aliphatic heterocycles. The predicted octanol–water partition coefficient (Wildman–Crippen LogP) is 2.84. The third-order valence-corrected chi connectivity index (χ3v) is 3.65. The van der Waals surface area contributed by atoms with Crippen LogP contribution in [0.5, 0.6) is 0 Å². The summed E-state index contributed by atoms with van der Waals surface area (Å²) in [5.41, 5.74) is 5.24. The highest BCUT2D eigenvalue weighted by molar-refractivity contribution is 5.67. The fourth-order valence-electron chi connectivity index (χ4n) is 2.68. The molecule has 0 aliphatic carbocycles. The van der Waals surface area contributed by atoms with Crippen molar-refractivity contribution in [2.75, 3.05) is 10.3 Å². The number of hydrogen-bond donors (Lipinski definition) is 2. The van der Waals surface area contributed by atoms with E-state index in [2.05, 4.69) is 46.5 Å². The van der Waals surface area contributed by atoms with Gasteiger partial charge in [-0.15, -0.1) is 0 Å². The molecule has 1 aromatic heterocycles. The molecule has 0 amide bonds. The van der Waals surface area contributed by atoms with E-state index in [1.54, 1.807) is 0 Å². The van der Waals surface area contributed by atoms with Gasteiger partial charge in [0.25, 0.3) is 0 Å². The normalized spacial score (nSPS) is 18.0. The smallest absolute Gasteiger partial charge is 0.142 e. The van der Waals surface area contributed by atoms with Crippen LogP contribution < -0.4 is 16.2 Å². The van der Waals surface area contributed by atoms with Crippen LogP contribution in [0, 0.1) is 0 Å². The number of hydrazine groups is 1. The molecule has 0 saturated carbocycles. The molecule has 1 unspecified atom stereocenters. The number of anilines is 3. The van der Waals surface area contributed by atoms with Gasteiger partial charge in [0.05, 0.1) is 0 Å². The zero-order chi connectivity index (χ0) is 13.2. The number of hydrogen-bond acceptors (Lipinski definition) is 4. The van der Waals surface area contributed by atoms with Crippen molar-refractivity contribution in [2.45, 2.75) is 25.8 Å². The Morgan fingerprint density at radius 3 is 2.89 bits per heavy atom. The van der Waals surface area contributed by atoms with E-state index in [0.717, 1.165) is 18.7 Å². The third-order valence-electron chi connectivity index (χ3n) is 3.65. The van der Waals surface area contributed by atoms with Gasteiger partial charge in [0, 0.05) is 11.7 Å². The molecule has 4 heteroatoms. The van der Waals surface area contributed by atoms with E-state index in [4.69, 9.17) is 5.84 Å². The van der Waals surface area contributed by atoms with E-state index in [1.807, 2.05) is 18.2 Å². The summed E-state index contributed by atoms with van der Waals surface area (Å²) in [6, 6.07) is 14.8. The molecule has 1 aromatic carbocycles. The summed E-state index contributed by atoms with van der Waals surface area (Å²) in [5, 5.41) is 0. The summed E-state index contributed by atoms with van der Waals surface area (Å²) < 4.78 is 0. The molecule has 98 valence electrons. The van der Waals surface area contributed by atoms with Crippen molar-refractivity contribution >= 4 is 17.3 Å². The van der Waals surface area contributed by atoms with Crippen molar-refractivity contribution in [3.8, 4) is 0 Å². The van der Waals surface area contributed by atoms with E-state index >= 15 is 0 Å². The fourth-order valence-corrected chi connectivity index (χ4v) is 2.68. The van der Waals surface area contributed by atoms with Crippen LogP contribution in [0.25, 0.3) is 0 Å². The second kappa shape index (κ2) is 4.90. The lowest BCUT2D eigenvalue weighted by atomic mass is 9.96. The molecule has 2 heterocycles. The van der Waals surface area contributed by atoms with Gasteiger partial charge in [0.15, 0.2) is 0 Å². The topological polar surface area (TPSA) is 54.2 Å². The van der Waals surface area contributed by atoms with Crippen LogP contribution in [-0.2, 0) is 6.42 Å². The Hall–Kier alpha value is -2.07. The zero-order valence-corrected chi connectivity index (χ0v) is 11.0. The Balaban J connectivity index is 2.07. The number of aromatic nitrogens is 1. The number of benzene rings is 1. The SMILES string of the molecule is CC1CCc2ccccc2N1c1cccc(NN)n1. The standard InChI is InChI=1S/C15H18N4/c1-11-9-10-12-5-2-3-6-13(12)19(11)15-8-4-7-14(17-15)18-16/h2-8,11H,9-10,16H2,1H3,(H,17,18). The summed E-state index contributed by atoms with van der Waals surface area (Å²) >= 11 is 0. The van der Waals surface area contributed by atoms with Gasteiger partial charge in [-0.05, 0) is 43.5 Å². The van der Waals surface area contributed by atoms with Gasteiger partial charge in [-0.1, -0.05) is 24.3 Å². The lowest BCUT2D eigenvalue weighted by Gasteiger charge is -2.36. The van der Waals surface area contributed by atoms with Gasteiger partial charge in [-0.3, -0.25) is 0 Å². The lowest BCUT2D eigenvalue weighted by Crippen LogP contribution is -2.33. The van der Waals surface area contributed by atoms with Crippen LogP contribution in [0.2, 0.25) is 0 Å². The highest BCUT2D eigenvalue weighted by Gasteiger charge is 2.24. The highest BCUT2D eigenvalue weighted by atomic mass is 15.3. The zero-order valence-electron chi connectivity index (χ0n) is 11.0. The summed E-state index contributed by atoms with van der Waals surface area (Å²) in [7, 11) is 0. The van der Waals surface area contributed by atoms with Crippen LogP contribution >= 0.6 is 0 Å². The van der Waals surface area contributed by atoms with E-state index in [-0.39, 0.29) is 0 Å². The second-order valence-corrected chi connectivity index (χ2v) is 4.91. The Labute approximate surface area is 113 Å². The minimum Gasteiger partial charge on any atom is -0.323 e. The van der Waals surface area contributed by atoms with Gasteiger partial charge in [0.2, 0.25) is 0 Å². The Morgan fingerprint density at radius 2 is 2.05 bits per heavy atom. The monoisotopic (exact) mass is 254 g/mol. The quantitative estimate of drug-likeness (QED) is 0.639. The van der Waals surface area contributed by atoms with E-state index in [1.165, 1.54) is 11.3 Å². The van der Waals surface area contributed by atoms with E-state index in [0.29, 0.717) is 11.9 Å². The summed E-state index contributed by atoms with van der Waals surface area (Å²) in [6.07, 6.45) is 2.27. The van der Waals surface area contributed by atoms with Gasteiger partial charge in [0.1, 0.15) is 11.6 Å². The fraction of sp³-hybridized carbons (Fsp3) is 0.267. The maximum atomic E-state index is 5.45. The molecule has 0 radical (unpaired) electrons. The molecular formula is C15H18N4. The number of aryl methyl sites for hydroxylation is 1. The van der Waals surface area contributed by atoms with E-state index in [9.17, 15) is 0 Å². The van der Waals surface area contributed by atoms with Crippen molar-refractivity contribution in [2.24, 2.45) is 5.84 Å². The number of nitrogens with two attached hydrogens (primary N) is 1. The molecule has 0 spiro atoms. The lowest BCUT2D eigenvalue weighted by molar-refractivity contribution is 0.613. The number of rotatable bonds is 2. The van der Waals surface area contributed by atoms with Crippen molar-refractivity contribution in [3.05, 3.63) is 48.0 Å². The Bertz CT molecular complexity index is 582. The predicted molar refractivity (Wildman–Crippen MR) is 78.4 cm³/mol. The molecule has 1 aliphatic rings. The largest absolute Gasteiger partial charge is 0.323 e. The number of para-hydroxylation sites is 1. The summed E-state index contributed by atoms with van der Waals surface area (Å²) in [6.45, 7) is 2.24. The first-order chi connectivity index (χ1) is 9.29. The van der Waals surface area contributed by atoms with Crippen LogP contribution in [-0.4, -0.2) is 11.0 Å². The molecule has 0 fully saturated rings. The molecule has 2 aromatic rings. The summed E-state index contributed by atoms with van der Waals surface area (Å²) in [4.78, 5) is 6.85. The minimum atomic E-state index is 0.440. The van der Waals surface area contributed by atoms with Crippen molar-refractivity contribution in [3.63, 3.8) is 0 Å². The van der Waals surface area contributed by atoms with Crippen molar-refractivity contribution in [1.29, 1.82) is 0 Å². The van der Waals surface area contributed by atoms with Gasteiger partial charge >= 0.3 is 0 Å². The molecule has 4 nitrogen and oxygen atoms in total. The number of nitrogen functional groups attached to an aromatic ring is 1. The maximum Gasteiger partial charge on any atom is 0.142 e. The molecule has 0 bridgehead atoms. The number of nitrogens with one attached hydrogen (secondary N) is 1. The van der Waals surface area contributed by atoms with Crippen LogP contribution in [0.1, 0.15) is 18.9 Å². The first-order valence-corrected chi connectivity index (χ1v) is 6.60. The first kappa shape index (κ1) is 12.0. The first-order valence-electron chi connectivity index (χ1n) is 6.60. The Kier molecular flexibility index (Phi) is 3.09. The minimum absolute atomic E-state index is 0.440. The van der Waals surface area contributed by atoms with Gasteiger partial charge in [-0.25, -0.2) is 10.8 Å². The van der Waals surface area contributed by atoms with Crippen LogP contribution in [0.4, 0.5) is 17.3 Å². The van der Waals surface area contributed by atoms with Crippen molar-refractivity contribution in [1.82, 2.24) is 4.98 Å². The second-order valence-electron chi connectivity index (χ2n) is 4.91. The highest BCUT2D eigenvalue weighted by Crippen LogP contribution is 2.35. The number of pyridine rings is 1. The van der Waals surface area contributed by atoms with Crippen molar-refractivity contribution < 1.29 is 0 Å². The molecule has 0 saturated heterocycles. The Morgan fingerprint density at radius 1 is 1.21 bits per heavy atom. The van der Waals surface area contributed by atoms with Crippen LogP contribution in [0.15, 0.2) is 42.5 Å². The molecule has 3 rings (SSSR count).